The van der Waals surface area contributed by atoms with Gasteiger partial charge in [0, 0.05) is 5.56 Å². The summed E-state index contributed by atoms with van der Waals surface area (Å²) in [6.45, 7) is 2.92. The van der Waals surface area contributed by atoms with Crippen LogP contribution >= 0.6 is 23.8 Å². The number of unbranched alkanes of at least 4 members (excludes halogenated alkanes) is 2. The minimum Gasteiger partial charge on any atom is -0.494 e. The summed E-state index contributed by atoms with van der Waals surface area (Å²) in [5, 5.41) is 12.1. The van der Waals surface area contributed by atoms with Crippen LogP contribution in [0.2, 0.25) is 5.02 Å². The number of aromatic amines is 1. The van der Waals surface area contributed by atoms with Gasteiger partial charge < -0.3 is 4.74 Å². The summed E-state index contributed by atoms with van der Waals surface area (Å²) in [5.41, 5.74) is 1.70. The van der Waals surface area contributed by atoms with E-state index >= 15 is 0 Å². The standard InChI is InChI=1S/C20H21ClN4OS/c1-2-3-6-13-26-16-11-9-15(10-12-16)14-22-25-19(23-24-20(25)27)17-7-4-5-8-18(17)21/h4-5,7-12,14H,2-3,6,13H2,1H3,(H,24,27)/b22-14+. The van der Waals surface area contributed by atoms with Crippen LogP contribution in [0.1, 0.15) is 31.7 Å². The highest BCUT2D eigenvalue weighted by atomic mass is 35.5. The Morgan fingerprint density at radius 3 is 2.70 bits per heavy atom. The van der Waals surface area contributed by atoms with Gasteiger partial charge in [-0.05, 0) is 60.6 Å². The summed E-state index contributed by atoms with van der Waals surface area (Å²) in [7, 11) is 0. The molecule has 1 aromatic heterocycles. The molecule has 0 bridgehead atoms. The van der Waals surface area contributed by atoms with E-state index in [2.05, 4.69) is 22.2 Å². The number of nitrogens with one attached hydrogen (secondary N) is 1. The molecule has 0 aliphatic rings. The molecule has 3 rings (SSSR count). The number of H-pyrrole nitrogens is 1. The molecular formula is C20H21ClN4OS. The van der Waals surface area contributed by atoms with Crippen LogP contribution in [0.5, 0.6) is 5.75 Å². The van der Waals surface area contributed by atoms with Crippen LogP contribution in [0.3, 0.4) is 0 Å². The van der Waals surface area contributed by atoms with Gasteiger partial charge in [-0.15, -0.1) is 0 Å². The zero-order valence-corrected chi connectivity index (χ0v) is 16.6. The number of hydrogen-bond donors (Lipinski definition) is 1. The molecule has 0 fully saturated rings. The van der Waals surface area contributed by atoms with E-state index in [9.17, 15) is 0 Å². The van der Waals surface area contributed by atoms with Gasteiger partial charge in [0.25, 0.3) is 0 Å². The first kappa shape index (κ1) is 19.3. The van der Waals surface area contributed by atoms with Crippen LogP contribution in [-0.2, 0) is 0 Å². The van der Waals surface area contributed by atoms with Crippen LogP contribution < -0.4 is 4.74 Å². The maximum Gasteiger partial charge on any atom is 0.216 e. The Labute approximate surface area is 168 Å². The van der Waals surface area contributed by atoms with Crippen molar-refractivity contribution in [3.05, 3.63) is 63.9 Å². The van der Waals surface area contributed by atoms with Crippen molar-refractivity contribution in [2.75, 3.05) is 6.61 Å². The molecule has 0 saturated heterocycles. The van der Waals surface area contributed by atoms with E-state index in [1.165, 1.54) is 12.8 Å². The van der Waals surface area contributed by atoms with Gasteiger partial charge in [-0.3, -0.25) is 0 Å². The molecule has 0 amide bonds. The number of ether oxygens (including phenoxy) is 1. The van der Waals surface area contributed by atoms with E-state index in [4.69, 9.17) is 28.6 Å². The zero-order chi connectivity index (χ0) is 19.1. The van der Waals surface area contributed by atoms with Crippen LogP contribution in [0.15, 0.2) is 53.6 Å². The zero-order valence-electron chi connectivity index (χ0n) is 15.1. The maximum atomic E-state index is 6.27. The fourth-order valence-corrected chi connectivity index (χ4v) is 2.93. The van der Waals surface area contributed by atoms with Gasteiger partial charge in [-0.25, -0.2) is 5.10 Å². The maximum absolute atomic E-state index is 6.27. The summed E-state index contributed by atoms with van der Waals surface area (Å²) in [5.74, 6) is 1.43. The van der Waals surface area contributed by atoms with E-state index in [1.807, 2.05) is 48.5 Å². The first-order chi connectivity index (χ1) is 13.2. The van der Waals surface area contributed by atoms with E-state index in [0.717, 1.165) is 29.9 Å². The van der Waals surface area contributed by atoms with Crippen molar-refractivity contribution in [1.29, 1.82) is 0 Å². The molecular weight excluding hydrogens is 380 g/mol. The molecule has 140 valence electrons. The lowest BCUT2D eigenvalue weighted by Crippen LogP contribution is -1.97. The predicted molar refractivity (Wildman–Crippen MR) is 112 cm³/mol. The highest BCUT2D eigenvalue weighted by Crippen LogP contribution is 2.25. The van der Waals surface area contributed by atoms with Gasteiger partial charge >= 0.3 is 0 Å². The molecule has 2 aromatic carbocycles. The van der Waals surface area contributed by atoms with Gasteiger partial charge in [0.2, 0.25) is 4.77 Å². The SMILES string of the molecule is CCCCCOc1ccc(/C=N/n2c(-c3ccccc3Cl)n[nH]c2=S)cc1. The second kappa shape index (κ2) is 9.48. The first-order valence-corrected chi connectivity index (χ1v) is 9.67. The third-order valence-electron chi connectivity index (χ3n) is 3.98. The minimum atomic E-state index is 0.400. The molecule has 27 heavy (non-hydrogen) atoms. The Hall–Kier alpha value is -2.44. The molecule has 0 aliphatic carbocycles. The Bertz CT molecular complexity index is 963. The van der Waals surface area contributed by atoms with Gasteiger partial charge in [0.1, 0.15) is 5.75 Å². The molecule has 0 spiro atoms. The van der Waals surface area contributed by atoms with Crippen LogP contribution in [0.25, 0.3) is 11.4 Å². The van der Waals surface area contributed by atoms with Crippen molar-refractivity contribution >= 4 is 30.0 Å². The number of halogens is 1. The monoisotopic (exact) mass is 400 g/mol. The van der Waals surface area contributed by atoms with Crippen molar-refractivity contribution in [1.82, 2.24) is 14.9 Å². The average Bonchev–Trinajstić information content (AvgIpc) is 3.05. The second-order valence-corrected chi connectivity index (χ2v) is 6.81. The molecule has 1 heterocycles. The van der Waals surface area contributed by atoms with E-state index in [-0.39, 0.29) is 0 Å². The van der Waals surface area contributed by atoms with Crippen LogP contribution in [0.4, 0.5) is 0 Å². The third kappa shape index (κ3) is 5.05. The van der Waals surface area contributed by atoms with Gasteiger partial charge in [0.05, 0.1) is 17.8 Å². The molecule has 0 radical (unpaired) electrons. The highest BCUT2D eigenvalue weighted by Gasteiger charge is 2.11. The van der Waals surface area contributed by atoms with E-state index in [1.54, 1.807) is 10.9 Å². The quantitative estimate of drug-likeness (QED) is 0.299. The van der Waals surface area contributed by atoms with E-state index in [0.29, 0.717) is 15.6 Å². The van der Waals surface area contributed by atoms with Gasteiger partial charge in [-0.1, -0.05) is 43.5 Å². The fourth-order valence-electron chi connectivity index (χ4n) is 2.53. The molecule has 3 aromatic rings. The Balaban J connectivity index is 1.74. The minimum absolute atomic E-state index is 0.400. The summed E-state index contributed by atoms with van der Waals surface area (Å²) >= 11 is 11.6. The summed E-state index contributed by atoms with van der Waals surface area (Å²) in [6.07, 6.45) is 5.17. The van der Waals surface area contributed by atoms with Gasteiger partial charge in [0.15, 0.2) is 5.82 Å². The summed E-state index contributed by atoms with van der Waals surface area (Å²) in [4.78, 5) is 0. The van der Waals surface area contributed by atoms with Crippen molar-refractivity contribution in [2.24, 2.45) is 5.10 Å². The Kier molecular flexibility index (Phi) is 6.79. The van der Waals surface area contributed by atoms with Crippen LogP contribution in [0, 0.1) is 4.77 Å². The molecule has 0 atom stereocenters. The average molecular weight is 401 g/mol. The molecule has 0 saturated carbocycles. The molecule has 1 N–H and O–H groups in total. The van der Waals surface area contributed by atoms with Gasteiger partial charge in [-0.2, -0.15) is 14.9 Å². The molecule has 0 aliphatic heterocycles. The number of nitrogens with zero attached hydrogens (tertiary/aromatic N) is 3. The fraction of sp³-hybridized carbons (Fsp3) is 0.250. The number of hydrogen-bond acceptors (Lipinski definition) is 4. The van der Waals surface area contributed by atoms with Crippen molar-refractivity contribution in [3.8, 4) is 17.1 Å². The summed E-state index contributed by atoms with van der Waals surface area (Å²) < 4.78 is 7.69. The largest absolute Gasteiger partial charge is 0.494 e. The lowest BCUT2D eigenvalue weighted by atomic mass is 10.2. The number of benzene rings is 2. The van der Waals surface area contributed by atoms with Crippen molar-refractivity contribution in [2.45, 2.75) is 26.2 Å². The van der Waals surface area contributed by atoms with Crippen LogP contribution in [-0.4, -0.2) is 27.7 Å². The topological polar surface area (TPSA) is 55.2 Å². The number of rotatable bonds is 8. The second-order valence-electron chi connectivity index (χ2n) is 6.01. The molecule has 5 nitrogen and oxygen atoms in total. The van der Waals surface area contributed by atoms with Crippen molar-refractivity contribution in [3.63, 3.8) is 0 Å². The normalized spacial score (nSPS) is 11.2. The highest BCUT2D eigenvalue weighted by molar-refractivity contribution is 7.71. The number of aromatic nitrogens is 3. The lowest BCUT2D eigenvalue weighted by molar-refractivity contribution is 0.306. The smallest absolute Gasteiger partial charge is 0.216 e. The molecule has 7 heteroatoms. The van der Waals surface area contributed by atoms with Crippen molar-refractivity contribution < 1.29 is 4.74 Å². The predicted octanol–water partition coefficient (Wildman–Crippen LogP) is 5.71. The van der Waals surface area contributed by atoms with E-state index < -0.39 is 0 Å². The Morgan fingerprint density at radius 2 is 1.96 bits per heavy atom. The summed E-state index contributed by atoms with van der Waals surface area (Å²) in [6, 6.07) is 15.2. The lowest BCUT2D eigenvalue weighted by Gasteiger charge is -2.05. The Morgan fingerprint density at radius 1 is 1.19 bits per heavy atom. The third-order valence-corrected chi connectivity index (χ3v) is 4.58. The molecule has 0 unspecified atom stereocenters. The first-order valence-electron chi connectivity index (χ1n) is 8.88.